The van der Waals surface area contributed by atoms with Gasteiger partial charge >= 0.3 is 6.03 Å². The van der Waals surface area contributed by atoms with Gasteiger partial charge in [0.2, 0.25) is 0 Å². The normalized spacial score (nSPS) is 20.3. The predicted octanol–water partition coefficient (Wildman–Crippen LogP) is 2.39. The van der Waals surface area contributed by atoms with Crippen molar-refractivity contribution in [3.8, 4) is 0 Å². The number of amides is 2. The molecule has 1 saturated heterocycles. The molecule has 1 unspecified atom stereocenters. The molecule has 0 radical (unpaired) electrons. The van der Waals surface area contributed by atoms with E-state index in [4.69, 9.17) is 4.74 Å². The molecule has 1 saturated carbocycles. The first kappa shape index (κ1) is 16.3. The van der Waals surface area contributed by atoms with Gasteiger partial charge in [0.25, 0.3) is 0 Å². The summed E-state index contributed by atoms with van der Waals surface area (Å²) in [5.41, 5.74) is 0.817. The molecule has 7 heteroatoms. The standard InChI is InChI=1S/C18H25N5O2/c24-18(19-9-4-12-25-13-14-7-8-14)22-11-3-5-15(22)17-21-20-16-6-1-2-10-23(16)17/h1-2,6,10,14-15H,3-5,7-9,11-13H2,(H,19,24). The second-order valence-electron chi connectivity index (χ2n) is 6.94. The molecule has 1 N–H and O–H groups in total. The Morgan fingerprint density at radius 2 is 2.20 bits per heavy atom. The Balaban J connectivity index is 1.30. The number of ether oxygens (including phenoxy) is 1. The van der Waals surface area contributed by atoms with E-state index in [1.54, 1.807) is 0 Å². The quantitative estimate of drug-likeness (QED) is 0.784. The number of nitrogens with one attached hydrogen (secondary N) is 1. The van der Waals surface area contributed by atoms with E-state index in [0.29, 0.717) is 6.54 Å². The monoisotopic (exact) mass is 343 g/mol. The van der Waals surface area contributed by atoms with Crippen molar-refractivity contribution in [2.75, 3.05) is 26.3 Å². The van der Waals surface area contributed by atoms with Gasteiger partial charge in [0.05, 0.1) is 6.04 Å². The topological polar surface area (TPSA) is 71.8 Å². The zero-order valence-corrected chi connectivity index (χ0v) is 14.4. The summed E-state index contributed by atoms with van der Waals surface area (Å²) in [6.45, 7) is 3.00. The molecule has 0 bridgehead atoms. The van der Waals surface area contributed by atoms with E-state index in [1.807, 2.05) is 33.7 Å². The molecule has 2 aromatic rings. The summed E-state index contributed by atoms with van der Waals surface area (Å²) in [5, 5.41) is 11.6. The van der Waals surface area contributed by atoms with E-state index in [9.17, 15) is 4.79 Å². The highest BCUT2D eigenvalue weighted by atomic mass is 16.5. The number of hydrogen-bond donors (Lipinski definition) is 1. The van der Waals surface area contributed by atoms with Gasteiger partial charge in [-0.3, -0.25) is 4.40 Å². The second kappa shape index (κ2) is 7.39. The van der Waals surface area contributed by atoms with Crippen molar-refractivity contribution in [1.82, 2.24) is 24.8 Å². The van der Waals surface area contributed by atoms with Crippen molar-refractivity contribution in [3.63, 3.8) is 0 Å². The van der Waals surface area contributed by atoms with Crippen molar-refractivity contribution < 1.29 is 9.53 Å². The van der Waals surface area contributed by atoms with E-state index in [1.165, 1.54) is 12.8 Å². The zero-order valence-electron chi connectivity index (χ0n) is 14.4. The minimum absolute atomic E-state index is 0.0106. The lowest BCUT2D eigenvalue weighted by molar-refractivity contribution is 0.121. The third kappa shape index (κ3) is 3.76. The average Bonchev–Trinajstić information content (AvgIpc) is 3.16. The van der Waals surface area contributed by atoms with Crippen LogP contribution >= 0.6 is 0 Å². The first-order chi connectivity index (χ1) is 12.3. The number of carbonyl (C=O) groups is 1. The molecule has 1 aliphatic carbocycles. The molecule has 134 valence electrons. The van der Waals surface area contributed by atoms with Gasteiger partial charge in [-0.1, -0.05) is 6.07 Å². The number of aromatic nitrogens is 3. The molecule has 2 fully saturated rings. The summed E-state index contributed by atoms with van der Waals surface area (Å²) in [4.78, 5) is 14.4. The molecule has 0 spiro atoms. The average molecular weight is 343 g/mol. The molecule has 0 aromatic carbocycles. The van der Waals surface area contributed by atoms with E-state index >= 15 is 0 Å². The van der Waals surface area contributed by atoms with Crippen molar-refractivity contribution in [3.05, 3.63) is 30.2 Å². The van der Waals surface area contributed by atoms with Crippen LogP contribution in [0.2, 0.25) is 0 Å². The van der Waals surface area contributed by atoms with Crippen LogP contribution in [0.4, 0.5) is 4.79 Å². The minimum Gasteiger partial charge on any atom is -0.381 e. The largest absolute Gasteiger partial charge is 0.381 e. The number of hydrogen-bond acceptors (Lipinski definition) is 4. The van der Waals surface area contributed by atoms with Crippen molar-refractivity contribution >= 4 is 11.7 Å². The van der Waals surface area contributed by atoms with Crippen LogP contribution in [-0.2, 0) is 4.74 Å². The Labute approximate surface area is 147 Å². The van der Waals surface area contributed by atoms with Gasteiger partial charge in [-0.05, 0) is 50.2 Å². The lowest BCUT2D eigenvalue weighted by Crippen LogP contribution is -2.40. The van der Waals surface area contributed by atoms with Gasteiger partial charge in [0.1, 0.15) is 0 Å². The number of carbonyl (C=O) groups excluding carboxylic acids is 1. The smallest absolute Gasteiger partial charge is 0.318 e. The highest BCUT2D eigenvalue weighted by Gasteiger charge is 2.33. The number of rotatable bonds is 7. The highest BCUT2D eigenvalue weighted by Crippen LogP contribution is 2.31. The summed E-state index contributed by atoms with van der Waals surface area (Å²) in [6, 6.07) is 5.80. The van der Waals surface area contributed by atoms with Gasteiger partial charge in [-0.2, -0.15) is 0 Å². The summed E-state index contributed by atoms with van der Waals surface area (Å²) in [5.74, 6) is 1.63. The summed E-state index contributed by atoms with van der Waals surface area (Å²) >= 11 is 0. The first-order valence-electron chi connectivity index (χ1n) is 9.25. The molecule has 2 amide bonds. The van der Waals surface area contributed by atoms with E-state index in [2.05, 4.69) is 15.5 Å². The van der Waals surface area contributed by atoms with Gasteiger partial charge in [0.15, 0.2) is 11.5 Å². The van der Waals surface area contributed by atoms with Crippen molar-refractivity contribution in [1.29, 1.82) is 0 Å². The molecule has 4 rings (SSSR count). The lowest BCUT2D eigenvalue weighted by Gasteiger charge is -2.23. The van der Waals surface area contributed by atoms with Gasteiger partial charge < -0.3 is 15.0 Å². The van der Waals surface area contributed by atoms with Crippen LogP contribution in [0.3, 0.4) is 0 Å². The molecule has 2 aliphatic rings. The summed E-state index contributed by atoms with van der Waals surface area (Å²) in [7, 11) is 0. The van der Waals surface area contributed by atoms with Crippen LogP contribution < -0.4 is 5.32 Å². The number of urea groups is 1. The maximum Gasteiger partial charge on any atom is 0.318 e. The Kier molecular flexibility index (Phi) is 4.83. The van der Waals surface area contributed by atoms with Gasteiger partial charge in [0, 0.05) is 32.5 Å². The fraction of sp³-hybridized carbons (Fsp3) is 0.611. The molecule has 7 nitrogen and oxygen atoms in total. The Bertz CT molecular complexity index is 727. The van der Waals surface area contributed by atoms with E-state index in [0.717, 1.165) is 56.4 Å². The second-order valence-corrected chi connectivity index (χ2v) is 6.94. The van der Waals surface area contributed by atoms with E-state index in [-0.39, 0.29) is 12.1 Å². The summed E-state index contributed by atoms with van der Waals surface area (Å²) in [6.07, 6.45) is 7.34. The minimum atomic E-state index is -0.0163. The SMILES string of the molecule is O=C(NCCCOCC1CC1)N1CCCC1c1nnc2ccccn12. The first-order valence-corrected chi connectivity index (χ1v) is 9.25. The Morgan fingerprint density at radius 3 is 3.08 bits per heavy atom. The van der Waals surface area contributed by atoms with Crippen molar-refractivity contribution in [2.24, 2.45) is 5.92 Å². The van der Waals surface area contributed by atoms with Crippen LogP contribution in [0.25, 0.3) is 5.65 Å². The van der Waals surface area contributed by atoms with Crippen LogP contribution in [0, 0.1) is 5.92 Å². The molecule has 1 aliphatic heterocycles. The maximum absolute atomic E-state index is 12.6. The fourth-order valence-electron chi connectivity index (χ4n) is 3.37. The number of fused-ring (bicyclic) bond motifs is 1. The Morgan fingerprint density at radius 1 is 1.28 bits per heavy atom. The van der Waals surface area contributed by atoms with Gasteiger partial charge in [-0.25, -0.2) is 4.79 Å². The van der Waals surface area contributed by atoms with Crippen LogP contribution in [0.15, 0.2) is 24.4 Å². The summed E-state index contributed by atoms with van der Waals surface area (Å²) < 4.78 is 7.58. The third-order valence-electron chi connectivity index (χ3n) is 4.94. The van der Waals surface area contributed by atoms with Crippen LogP contribution in [0.5, 0.6) is 0 Å². The number of likely N-dealkylation sites (tertiary alicyclic amines) is 1. The predicted molar refractivity (Wildman–Crippen MR) is 93.2 cm³/mol. The molecular formula is C18H25N5O2. The maximum atomic E-state index is 12.6. The van der Waals surface area contributed by atoms with Crippen molar-refractivity contribution in [2.45, 2.75) is 38.1 Å². The molecular weight excluding hydrogens is 318 g/mol. The van der Waals surface area contributed by atoms with Gasteiger partial charge in [-0.15, -0.1) is 10.2 Å². The van der Waals surface area contributed by atoms with E-state index < -0.39 is 0 Å². The highest BCUT2D eigenvalue weighted by molar-refractivity contribution is 5.75. The van der Waals surface area contributed by atoms with Crippen LogP contribution in [0.1, 0.15) is 44.0 Å². The Hall–Kier alpha value is -2.15. The van der Waals surface area contributed by atoms with Crippen LogP contribution in [-0.4, -0.2) is 51.8 Å². The third-order valence-corrected chi connectivity index (χ3v) is 4.94. The fourth-order valence-corrected chi connectivity index (χ4v) is 3.37. The zero-order chi connectivity index (χ0) is 17.1. The number of pyridine rings is 1. The molecule has 3 heterocycles. The molecule has 1 atom stereocenters. The lowest BCUT2D eigenvalue weighted by atomic mass is 10.2. The molecule has 25 heavy (non-hydrogen) atoms. The molecule has 2 aromatic heterocycles. The number of nitrogens with zero attached hydrogens (tertiary/aromatic N) is 4.